The van der Waals surface area contributed by atoms with Crippen LogP contribution in [0.4, 0.5) is 5.69 Å². The Morgan fingerprint density at radius 2 is 1.53 bits per heavy atom. The van der Waals surface area contributed by atoms with Gasteiger partial charge in [-0.2, -0.15) is 0 Å². The van der Waals surface area contributed by atoms with E-state index in [1.54, 1.807) is 24.3 Å². The van der Waals surface area contributed by atoms with Crippen LogP contribution in [0.5, 0.6) is 5.75 Å². The van der Waals surface area contributed by atoms with Gasteiger partial charge in [-0.25, -0.2) is 8.42 Å². The molecule has 0 fully saturated rings. The van der Waals surface area contributed by atoms with Crippen LogP contribution in [0.2, 0.25) is 0 Å². The van der Waals surface area contributed by atoms with Gasteiger partial charge in [0.15, 0.2) is 0 Å². The third-order valence-corrected chi connectivity index (χ3v) is 7.23. The van der Waals surface area contributed by atoms with Crippen molar-refractivity contribution in [2.24, 2.45) is 0 Å². The number of hydrogen-bond acceptors (Lipinski definition) is 4. The summed E-state index contributed by atoms with van der Waals surface area (Å²) in [5.41, 5.74) is 1.71. The van der Waals surface area contributed by atoms with Gasteiger partial charge in [-0.05, 0) is 42.0 Å². The van der Waals surface area contributed by atoms with Crippen molar-refractivity contribution in [3.8, 4) is 5.75 Å². The molecule has 0 aromatic heterocycles. The maximum absolute atomic E-state index is 13.1. The van der Waals surface area contributed by atoms with Gasteiger partial charge in [0.2, 0.25) is 0 Å². The van der Waals surface area contributed by atoms with Gasteiger partial charge in [0, 0.05) is 24.6 Å². The van der Waals surface area contributed by atoms with Crippen molar-refractivity contribution in [1.29, 1.82) is 0 Å². The second kappa shape index (κ2) is 9.44. The molecule has 0 aliphatic carbocycles. The molecular weight excluding hydrogens is 424 g/mol. The van der Waals surface area contributed by atoms with E-state index in [1.807, 2.05) is 30.3 Å². The normalized spacial score (nSPS) is 11.6. The maximum Gasteiger partial charge on any atom is 0.264 e. The highest BCUT2D eigenvalue weighted by molar-refractivity contribution is 7.92. The summed E-state index contributed by atoms with van der Waals surface area (Å²) in [5, 5.41) is 2.94. The number of carbonyl (C=O) groups is 1. The Morgan fingerprint density at radius 3 is 2.16 bits per heavy atom. The summed E-state index contributed by atoms with van der Waals surface area (Å²) in [7, 11) is -0.853. The maximum atomic E-state index is 13.1. The van der Waals surface area contributed by atoms with Crippen molar-refractivity contribution in [1.82, 2.24) is 5.32 Å². The van der Waals surface area contributed by atoms with Crippen LogP contribution in [0.1, 0.15) is 29.8 Å². The predicted octanol–water partition coefficient (Wildman–Crippen LogP) is 4.23. The molecule has 0 aliphatic heterocycles. The van der Waals surface area contributed by atoms with Gasteiger partial charge in [0.05, 0.1) is 17.7 Å². The van der Waals surface area contributed by atoms with Crippen molar-refractivity contribution >= 4 is 21.6 Å². The molecule has 1 N–H and O–H groups in total. The van der Waals surface area contributed by atoms with Crippen molar-refractivity contribution in [3.63, 3.8) is 0 Å². The first kappa shape index (κ1) is 23.3. The van der Waals surface area contributed by atoms with Crippen LogP contribution in [0.15, 0.2) is 83.8 Å². The molecule has 6 nitrogen and oxygen atoms in total. The molecule has 168 valence electrons. The van der Waals surface area contributed by atoms with Gasteiger partial charge >= 0.3 is 0 Å². The number of amides is 1. The van der Waals surface area contributed by atoms with Crippen LogP contribution in [-0.2, 0) is 15.4 Å². The average Bonchev–Trinajstić information content (AvgIpc) is 2.82. The monoisotopic (exact) mass is 452 g/mol. The molecule has 32 heavy (non-hydrogen) atoms. The zero-order valence-corrected chi connectivity index (χ0v) is 19.5. The van der Waals surface area contributed by atoms with E-state index in [4.69, 9.17) is 4.74 Å². The molecule has 0 saturated carbocycles. The lowest BCUT2D eigenvalue weighted by atomic mass is 9.84. The zero-order valence-electron chi connectivity index (χ0n) is 18.7. The Hall–Kier alpha value is -3.32. The molecule has 3 aromatic rings. The van der Waals surface area contributed by atoms with E-state index < -0.39 is 10.0 Å². The van der Waals surface area contributed by atoms with E-state index in [1.165, 1.54) is 42.7 Å². The van der Waals surface area contributed by atoms with Gasteiger partial charge in [-0.3, -0.25) is 9.10 Å². The van der Waals surface area contributed by atoms with Crippen LogP contribution in [0.3, 0.4) is 0 Å². The molecule has 0 saturated heterocycles. The molecule has 0 radical (unpaired) electrons. The molecule has 3 aromatic carbocycles. The SMILES string of the molecule is COc1ccccc1N(C)S(=O)(=O)c1ccc(C(=O)NCC(C)(C)c2ccccc2)cc1. The number of methoxy groups -OCH3 is 1. The number of sulfonamides is 1. The van der Waals surface area contributed by atoms with E-state index in [2.05, 4.69) is 19.2 Å². The van der Waals surface area contributed by atoms with E-state index in [0.29, 0.717) is 23.5 Å². The first-order chi connectivity index (χ1) is 15.2. The Morgan fingerprint density at radius 1 is 0.938 bits per heavy atom. The fraction of sp³-hybridized carbons (Fsp3) is 0.240. The molecule has 0 heterocycles. The predicted molar refractivity (Wildman–Crippen MR) is 127 cm³/mol. The lowest BCUT2D eigenvalue weighted by Crippen LogP contribution is -2.36. The van der Waals surface area contributed by atoms with Gasteiger partial charge in [0.1, 0.15) is 5.75 Å². The number of nitrogens with one attached hydrogen (secondary N) is 1. The van der Waals surface area contributed by atoms with E-state index in [0.717, 1.165) is 5.56 Å². The Bertz CT molecular complexity index is 1170. The number of carbonyl (C=O) groups excluding carboxylic acids is 1. The van der Waals surface area contributed by atoms with Crippen molar-refractivity contribution in [2.45, 2.75) is 24.2 Å². The number of ether oxygens (including phenoxy) is 1. The lowest BCUT2D eigenvalue weighted by molar-refractivity contribution is 0.0945. The molecule has 0 bridgehead atoms. The van der Waals surface area contributed by atoms with Gasteiger partial charge in [-0.15, -0.1) is 0 Å². The second-order valence-corrected chi connectivity index (χ2v) is 10.1. The van der Waals surface area contributed by atoms with E-state index in [9.17, 15) is 13.2 Å². The lowest BCUT2D eigenvalue weighted by Gasteiger charge is -2.25. The number of rotatable bonds is 8. The average molecular weight is 453 g/mol. The third kappa shape index (κ3) is 4.94. The van der Waals surface area contributed by atoms with Crippen molar-refractivity contribution < 1.29 is 17.9 Å². The fourth-order valence-electron chi connectivity index (χ4n) is 3.35. The number of para-hydroxylation sites is 2. The van der Waals surface area contributed by atoms with Crippen LogP contribution in [0, 0.1) is 0 Å². The summed E-state index contributed by atoms with van der Waals surface area (Å²) in [5.74, 6) is 0.201. The highest BCUT2D eigenvalue weighted by atomic mass is 32.2. The number of nitrogens with zero attached hydrogens (tertiary/aromatic N) is 1. The molecule has 1 amide bonds. The summed E-state index contributed by atoms with van der Waals surface area (Å²) < 4.78 is 32.6. The summed E-state index contributed by atoms with van der Waals surface area (Å²) in [4.78, 5) is 12.7. The number of benzene rings is 3. The topological polar surface area (TPSA) is 75.7 Å². The van der Waals surface area contributed by atoms with Crippen LogP contribution in [0.25, 0.3) is 0 Å². The van der Waals surface area contributed by atoms with Gasteiger partial charge in [-0.1, -0.05) is 56.3 Å². The Kier molecular flexibility index (Phi) is 6.89. The molecule has 0 aliphatic rings. The largest absolute Gasteiger partial charge is 0.495 e. The third-order valence-electron chi connectivity index (χ3n) is 5.45. The molecule has 0 unspecified atom stereocenters. The highest BCUT2D eigenvalue weighted by Gasteiger charge is 2.25. The Labute approximate surface area is 189 Å². The first-order valence-corrected chi connectivity index (χ1v) is 11.7. The molecule has 3 rings (SSSR count). The fourth-order valence-corrected chi connectivity index (χ4v) is 4.56. The second-order valence-electron chi connectivity index (χ2n) is 8.10. The summed E-state index contributed by atoms with van der Waals surface area (Å²) in [6, 6.07) is 22.8. The summed E-state index contributed by atoms with van der Waals surface area (Å²) >= 11 is 0. The highest BCUT2D eigenvalue weighted by Crippen LogP contribution is 2.31. The summed E-state index contributed by atoms with van der Waals surface area (Å²) in [6.07, 6.45) is 0. The standard InChI is InChI=1S/C25H28N2O4S/c1-25(2,20-10-6-5-7-11-20)18-26-24(28)19-14-16-21(17-15-19)32(29,30)27(3)22-12-8-9-13-23(22)31-4/h5-17H,18H2,1-4H3,(H,26,28). The molecular formula is C25H28N2O4S. The molecule has 7 heteroatoms. The minimum Gasteiger partial charge on any atom is -0.495 e. The minimum atomic E-state index is -3.82. The van der Waals surface area contributed by atoms with Crippen molar-refractivity contribution in [3.05, 3.63) is 90.0 Å². The van der Waals surface area contributed by atoms with E-state index >= 15 is 0 Å². The Balaban J connectivity index is 1.73. The minimum absolute atomic E-state index is 0.0899. The molecule has 0 atom stereocenters. The summed E-state index contributed by atoms with van der Waals surface area (Å²) in [6.45, 7) is 4.57. The van der Waals surface area contributed by atoms with Gasteiger partial charge < -0.3 is 10.1 Å². The van der Waals surface area contributed by atoms with Crippen LogP contribution < -0.4 is 14.4 Å². The quantitative estimate of drug-likeness (QED) is 0.555. The van der Waals surface area contributed by atoms with Crippen molar-refractivity contribution in [2.75, 3.05) is 25.0 Å². The van der Waals surface area contributed by atoms with Crippen LogP contribution in [-0.4, -0.2) is 35.0 Å². The molecule has 0 spiro atoms. The van der Waals surface area contributed by atoms with Gasteiger partial charge in [0.25, 0.3) is 15.9 Å². The number of anilines is 1. The smallest absolute Gasteiger partial charge is 0.264 e. The first-order valence-electron chi connectivity index (χ1n) is 10.2. The number of hydrogen-bond donors (Lipinski definition) is 1. The zero-order chi connectivity index (χ0) is 23.4. The van der Waals surface area contributed by atoms with E-state index in [-0.39, 0.29) is 16.2 Å². The van der Waals surface area contributed by atoms with Crippen LogP contribution >= 0.6 is 0 Å².